The van der Waals surface area contributed by atoms with E-state index in [0.29, 0.717) is 0 Å². The molecule has 2 heterocycles. The normalized spacial score (nSPS) is 21.2. The summed E-state index contributed by atoms with van der Waals surface area (Å²) in [6.07, 6.45) is 6.57. The highest BCUT2D eigenvalue weighted by Crippen LogP contribution is 2.30. The van der Waals surface area contributed by atoms with Gasteiger partial charge in [0.2, 0.25) is 0 Å². The van der Waals surface area contributed by atoms with Gasteiger partial charge in [-0.3, -0.25) is 4.68 Å². The zero-order chi connectivity index (χ0) is 14.2. The predicted octanol–water partition coefficient (Wildman–Crippen LogP) is 4.11. The van der Waals surface area contributed by atoms with Gasteiger partial charge in [0.25, 0.3) is 0 Å². The Kier molecular flexibility index (Phi) is 3.86. The standard InChI is InChI=1S/C16H19IN2O/c1-16(2)8-7-15(20-16)11-19-10-13(9-18-19)12-3-5-14(17)6-4-12/h3-6,9-10,15H,7-8,11H2,1-2H3. The van der Waals surface area contributed by atoms with Gasteiger partial charge in [-0.1, -0.05) is 12.1 Å². The molecule has 0 spiro atoms. The molecule has 1 aliphatic rings. The summed E-state index contributed by atoms with van der Waals surface area (Å²) >= 11 is 2.32. The molecule has 1 aromatic heterocycles. The highest BCUT2D eigenvalue weighted by molar-refractivity contribution is 14.1. The smallest absolute Gasteiger partial charge is 0.0779 e. The van der Waals surface area contributed by atoms with E-state index in [1.807, 2.05) is 10.9 Å². The quantitative estimate of drug-likeness (QED) is 0.747. The number of halogens is 1. The van der Waals surface area contributed by atoms with Crippen molar-refractivity contribution in [2.75, 3.05) is 0 Å². The van der Waals surface area contributed by atoms with Gasteiger partial charge in [-0.2, -0.15) is 5.10 Å². The number of hydrogen-bond acceptors (Lipinski definition) is 2. The molecule has 3 nitrogen and oxygen atoms in total. The molecule has 106 valence electrons. The van der Waals surface area contributed by atoms with E-state index in [9.17, 15) is 0 Å². The summed E-state index contributed by atoms with van der Waals surface area (Å²) in [5, 5.41) is 4.46. The lowest BCUT2D eigenvalue weighted by molar-refractivity contribution is -0.0229. The van der Waals surface area contributed by atoms with Crippen molar-refractivity contribution in [2.24, 2.45) is 0 Å². The average Bonchev–Trinajstić information content (AvgIpc) is 2.98. The largest absolute Gasteiger partial charge is 0.370 e. The molecule has 0 bridgehead atoms. The molecule has 0 saturated carbocycles. The van der Waals surface area contributed by atoms with Gasteiger partial charge in [-0.25, -0.2) is 0 Å². The average molecular weight is 382 g/mol. The van der Waals surface area contributed by atoms with Crippen LogP contribution >= 0.6 is 22.6 Å². The Morgan fingerprint density at radius 2 is 2.05 bits per heavy atom. The van der Waals surface area contributed by atoms with Gasteiger partial charge in [-0.15, -0.1) is 0 Å². The topological polar surface area (TPSA) is 27.1 Å². The van der Waals surface area contributed by atoms with E-state index in [1.54, 1.807) is 0 Å². The molecule has 1 fully saturated rings. The van der Waals surface area contributed by atoms with Crippen LogP contribution in [-0.4, -0.2) is 21.5 Å². The lowest BCUT2D eigenvalue weighted by atomic mass is 10.1. The fourth-order valence-corrected chi connectivity index (χ4v) is 3.03. The van der Waals surface area contributed by atoms with Crippen molar-refractivity contribution in [1.29, 1.82) is 0 Å². The summed E-state index contributed by atoms with van der Waals surface area (Å²) in [6.45, 7) is 5.16. The van der Waals surface area contributed by atoms with Crippen LogP contribution in [0, 0.1) is 3.57 Å². The number of ether oxygens (including phenoxy) is 1. The van der Waals surface area contributed by atoms with Crippen molar-refractivity contribution in [3.05, 3.63) is 40.2 Å². The maximum absolute atomic E-state index is 6.02. The Hall–Kier alpha value is -0.880. The molecule has 0 N–H and O–H groups in total. The molecule has 0 amide bonds. The highest BCUT2D eigenvalue weighted by atomic mass is 127. The molecule has 0 radical (unpaired) electrons. The van der Waals surface area contributed by atoms with E-state index in [0.717, 1.165) is 19.4 Å². The molecule has 0 aliphatic carbocycles. The maximum atomic E-state index is 6.02. The third-order valence-corrected chi connectivity index (χ3v) is 4.47. The Labute approximate surface area is 133 Å². The monoisotopic (exact) mass is 382 g/mol. The third kappa shape index (κ3) is 3.23. The first-order chi connectivity index (χ1) is 9.52. The van der Waals surface area contributed by atoms with E-state index in [2.05, 4.69) is 72.0 Å². The van der Waals surface area contributed by atoms with Crippen molar-refractivity contribution in [3.8, 4) is 11.1 Å². The summed E-state index contributed by atoms with van der Waals surface area (Å²) < 4.78 is 9.27. The Bertz CT molecular complexity index is 589. The molecule has 1 unspecified atom stereocenters. The molecule has 20 heavy (non-hydrogen) atoms. The molecular weight excluding hydrogens is 363 g/mol. The Morgan fingerprint density at radius 1 is 1.30 bits per heavy atom. The van der Waals surface area contributed by atoms with Crippen LogP contribution in [0.3, 0.4) is 0 Å². The van der Waals surface area contributed by atoms with E-state index in [4.69, 9.17) is 4.74 Å². The molecule has 2 aromatic rings. The molecule has 1 atom stereocenters. The van der Waals surface area contributed by atoms with Crippen LogP contribution < -0.4 is 0 Å². The van der Waals surface area contributed by atoms with Crippen molar-refractivity contribution >= 4 is 22.6 Å². The zero-order valence-electron chi connectivity index (χ0n) is 11.8. The first kappa shape index (κ1) is 14.1. The summed E-state index contributed by atoms with van der Waals surface area (Å²) in [5.41, 5.74) is 2.40. The fraction of sp³-hybridized carbons (Fsp3) is 0.438. The molecule has 1 aromatic carbocycles. The zero-order valence-corrected chi connectivity index (χ0v) is 14.0. The molecule has 3 rings (SSSR count). The minimum atomic E-state index is 0.0246. The van der Waals surface area contributed by atoms with Crippen LogP contribution in [0.15, 0.2) is 36.7 Å². The van der Waals surface area contributed by atoms with Gasteiger partial charge < -0.3 is 4.74 Å². The second-order valence-corrected chi connectivity index (χ2v) is 7.24. The summed E-state index contributed by atoms with van der Waals surface area (Å²) in [5.74, 6) is 0. The van der Waals surface area contributed by atoms with Gasteiger partial charge in [0.05, 0.1) is 24.4 Å². The number of hydrogen-bond donors (Lipinski definition) is 0. The predicted molar refractivity (Wildman–Crippen MR) is 88.6 cm³/mol. The summed E-state index contributed by atoms with van der Waals surface area (Å²) in [4.78, 5) is 0. The van der Waals surface area contributed by atoms with E-state index in [1.165, 1.54) is 14.7 Å². The van der Waals surface area contributed by atoms with Gasteiger partial charge in [0.15, 0.2) is 0 Å². The Balaban J connectivity index is 1.70. The highest BCUT2D eigenvalue weighted by Gasteiger charge is 2.31. The lowest BCUT2D eigenvalue weighted by Crippen LogP contribution is -2.23. The molecule has 1 aliphatic heterocycles. The third-order valence-electron chi connectivity index (χ3n) is 3.76. The second kappa shape index (κ2) is 5.48. The van der Waals surface area contributed by atoms with Crippen LogP contribution in [-0.2, 0) is 11.3 Å². The van der Waals surface area contributed by atoms with Gasteiger partial charge in [-0.05, 0) is 67.0 Å². The van der Waals surface area contributed by atoms with Gasteiger partial charge in [0.1, 0.15) is 0 Å². The molecular formula is C16H19IN2O. The van der Waals surface area contributed by atoms with Crippen molar-refractivity contribution < 1.29 is 4.74 Å². The van der Waals surface area contributed by atoms with Gasteiger partial charge >= 0.3 is 0 Å². The number of rotatable bonds is 3. The number of nitrogens with zero attached hydrogens (tertiary/aromatic N) is 2. The van der Waals surface area contributed by atoms with Crippen LogP contribution in [0.2, 0.25) is 0 Å². The summed E-state index contributed by atoms with van der Waals surface area (Å²) in [6, 6.07) is 8.52. The van der Waals surface area contributed by atoms with Crippen LogP contribution in [0.5, 0.6) is 0 Å². The van der Waals surface area contributed by atoms with Gasteiger partial charge in [0, 0.05) is 15.3 Å². The van der Waals surface area contributed by atoms with E-state index < -0.39 is 0 Å². The first-order valence-corrected chi connectivity index (χ1v) is 8.06. The van der Waals surface area contributed by atoms with Crippen molar-refractivity contribution in [3.63, 3.8) is 0 Å². The minimum Gasteiger partial charge on any atom is -0.370 e. The van der Waals surface area contributed by atoms with Crippen LogP contribution in [0.4, 0.5) is 0 Å². The van der Waals surface area contributed by atoms with Crippen LogP contribution in [0.25, 0.3) is 11.1 Å². The maximum Gasteiger partial charge on any atom is 0.0779 e. The lowest BCUT2D eigenvalue weighted by Gasteiger charge is -2.19. The van der Waals surface area contributed by atoms with Crippen molar-refractivity contribution in [2.45, 2.75) is 44.9 Å². The van der Waals surface area contributed by atoms with Crippen LogP contribution in [0.1, 0.15) is 26.7 Å². The number of benzene rings is 1. The minimum absolute atomic E-state index is 0.0246. The SMILES string of the molecule is CC1(C)CCC(Cn2cc(-c3ccc(I)cc3)cn2)O1. The second-order valence-electron chi connectivity index (χ2n) is 6.00. The molecule has 1 saturated heterocycles. The first-order valence-electron chi connectivity index (χ1n) is 6.98. The van der Waals surface area contributed by atoms with E-state index in [-0.39, 0.29) is 11.7 Å². The van der Waals surface area contributed by atoms with E-state index >= 15 is 0 Å². The summed E-state index contributed by atoms with van der Waals surface area (Å²) in [7, 11) is 0. The number of aromatic nitrogens is 2. The Morgan fingerprint density at radius 3 is 2.70 bits per heavy atom. The van der Waals surface area contributed by atoms with Crippen molar-refractivity contribution in [1.82, 2.24) is 9.78 Å². The molecule has 4 heteroatoms. The fourth-order valence-electron chi connectivity index (χ4n) is 2.67.